The lowest BCUT2D eigenvalue weighted by molar-refractivity contribution is 0.565. The topological polar surface area (TPSA) is 12.0 Å². The third-order valence-electron chi connectivity index (χ3n) is 3.24. The van der Waals surface area contributed by atoms with Crippen LogP contribution in [-0.2, 0) is 6.54 Å². The van der Waals surface area contributed by atoms with Crippen LogP contribution in [0.4, 0.5) is 8.78 Å². The second-order valence-electron chi connectivity index (χ2n) is 4.94. The maximum absolute atomic E-state index is 13.7. The Balaban J connectivity index is 1.78. The van der Waals surface area contributed by atoms with E-state index in [2.05, 4.69) is 5.32 Å². The van der Waals surface area contributed by atoms with Gasteiger partial charge in [0.2, 0.25) is 0 Å². The molecule has 0 unspecified atom stereocenters. The van der Waals surface area contributed by atoms with E-state index in [-0.39, 0.29) is 0 Å². The second kappa shape index (κ2) is 5.94. The largest absolute Gasteiger partial charge is 0.310 e. The maximum atomic E-state index is 13.7. The molecule has 1 N–H and O–H groups in total. The van der Waals surface area contributed by atoms with E-state index in [0.29, 0.717) is 10.9 Å². The van der Waals surface area contributed by atoms with Crippen molar-refractivity contribution in [2.75, 3.05) is 0 Å². The Morgan fingerprint density at radius 3 is 2.60 bits per heavy atom. The fourth-order valence-corrected chi connectivity index (χ4v) is 2.91. The van der Waals surface area contributed by atoms with Crippen LogP contribution in [0.3, 0.4) is 0 Å². The van der Waals surface area contributed by atoms with Gasteiger partial charge in [-0.1, -0.05) is 30.0 Å². The molecule has 20 heavy (non-hydrogen) atoms. The van der Waals surface area contributed by atoms with E-state index >= 15 is 0 Å². The number of hydrogen-bond acceptors (Lipinski definition) is 2. The van der Waals surface area contributed by atoms with E-state index in [0.717, 1.165) is 23.1 Å². The van der Waals surface area contributed by atoms with Crippen LogP contribution in [0.15, 0.2) is 52.3 Å². The van der Waals surface area contributed by atoms with Gasteiger partial charge in [0.25, 0.3) is 0 Å². The molecule has 0 aliphatic heterocycles. The first-order chi connectivity index (χ1) is 9.72. The highest BCUT2D eigenvalue weighted by Crippen LogP contribution is 2.32. The van der Waals surface area contributed by atoms with Gasteiger partial charge in [-0.15, -0.1) is 0 Å². The molecule has 0 atom stereocenters. The molecule has 1 saturated carbocycles. The van der Waals surface area contributed by atoms with E-state index in [9.17, 15) is 8.78 Å². The van der Waals surface area contributed by atoms with Crippen molar-refractivity contribution >= 4 is 11.8 Å². The normalized spacial score (nSPS) is 14.5. The molecule has 1 fully saturated rings. The van der Waals surface area contributed by atoms with Gasteiger partial charge in [-0.05, 0) is 36.6 Å². The van der Waals surface area contributed by atoms with Gasteiger partial charge in [-0.25, -0.2) is 8.78 Å². The second-order valence-corrected chi connectivity index (χ2v) is 6.02. The van der Waals surface area contributed by atoms with Crippen molar-refractivity contribution in [3.05, 3.63) is 59.7 Å². The van der Waals surface area contributed by atoms with Crippen molar-refractivity contribution in [3.8, 4) is 0 Å². The minimum atomic E-state index is -0.546. The Labute approximate surface area is 121 Å². The van der Waals surface area contributed by atoms with Gasteiger partial charge < -0.3 is 5.32 Å². The third kappa shape index (κ3) is 3.38. The molecule has 0 aromatic heterocycles. The van der Waals surface area contributed by atoms with Gasteiger partial charge in [0.1, 0.15) is 11.6 Å². The van der Waals surface area contributed by atoms with Gasteiger partial charge in [0.05, 0.1) is 0 Å². The van der Waals surface area contributed by atoms with Crippen molar-refractivity contribution in [2.24, 2.45) is 0 Å². The van der Waals surface area contributed by atoms with Crippen LogP contribution in [0.25, 0.3) is 0 Å². The summed E-state index contributed by atoms with van der Waals surface area (Å²) >= 11 is 1.34. The summed E-state index contributed by atoms with van der Waals surface area (Å²) in [7, 11) is 0. The fourth-order valence-electron chi connectivity index (χ4n) is 1.97. The Bertz CT molecular complexity index is 611. The van der Waals surface area contributed by atoms with Crippen molar-refractivity contribution in [1.29, 1.82) is 0 Å². The molecular weight excluding hydrogens is 276 g/mol. The lowest BCUT2D eigenvalue weighted by Crippen LogP contribution is -2.15. The van der Waals surface area contributed by atoms with Crippen LogP contribution in [-0.4, -0.2) is 6.04 Å². The zero-order valence-corrected chi connectivity index (χ0v) is 11.7. The van der Waals surface area contributed by atoms with Gasteiger partial charge in [0.15, 0.2) is 0 Å². The van der Waals surface area contributed by atoms with Gasteiger partial charge in [-0.3, -0.25) is 0 Å². The zero-order valence-electron chi connectivity index (χ0n) is 10.9. The van der Waals surface area contributed by atoms with E-state index in [1.165, 1.54) is 36.7 Å². The number of rotatable bonds is 5. The van der Waals surface area contributed by atoms with Crippen LogP contribution >= 0.6 is 11.8 Å². The van der Waals surface area contributed by atoms with Gasteiger partial charge in [0, 0.05) is 28.4 Å². The monoisotopic (exact) mass is 291 g/mol. The summed E-state index contributed by atoms with van der Waals surface area (Å²) in [6.07, 6.45) is 2.48. The fraction of sp³-hybridized carbons (Fsp3) is 0.250. The van der Waals surface area contributed by atoms with Crippen molar-refractivity contribution in [2.45, 2.75) is 35.2 Å². The van der Waals surface area contributed by atoms with Crippen LogP contribution < -0.4 is 5.32 Å². The van der Waals surface area contributed by atoms with E-state index in [1.807, 2.05) is 24.3 Å². The average molecular weight is 291 g/mol. The highest BCUT2D eigenvalue weighted by Gasteiger charge is 2.20. The van der Waals surface area contributed by atoms with Crippen LogP contribution in [0.1, 0.15) is 18.4 Å². The predicted octanol–water partition coefficient (Wildman–Crippen LogP) is 4.37. The molecule has 0 radical (unpaired) electrons. The Kier molecular flexibility index (Phi) is 4.03. The summed E-state index contributed by atoms with van der Waals surface area (Å²) < 4.78 is 26.6. The molecule has 1 aliphatic carbocycles. The Morgan fingerprint density at radius 1 is 1.05 bits per heavy atom. The minimum Gasteiger partial charge on any atom is -0.310 e. The van der Waals surface area contributed by atoms with Crippen molar-refractivity contribution in [3.63, 3.8) is 0 Å². The van der Waals surface area contributed by atoms with Crippen molar-refractivity contribution < 1.29 is 8.78 Å². The number of halogens is 2. The molecule has 4 heteroatoms. The summed E-state index contributed by atoms with van der Waals surface area (Å²) in [5.41, 5.74) is 1.15. The van der Waals surface area contributed by atoms with E-state index in [4.69, 9.17) is 0 Å². The Hall–Kier alpha value is -1.39. The number of benzene rings is 2. The minimum absolute atomic E-state index is 0.449. The number of hydrogen-bond donors (Lipinski definition) is 1. The van der Waals surface area contributed by atoms with Crippen LogP contribution in [0.2, 0.25) is 0 Å². The summed E-state index contributed by atoms with van der Waals surface area (Å²) in [6.45, 7) is 0.788. The summed E-state index contributed by atoms with van der Waals surface area (Å²) in [4.78, 5) is 1.46. The molecule has 0 spiro atoms. The first-order valence-corrected chi connectivity index (χ1v) is 7.48. The standard InChI is InChI=1S/C16H15F2NS/c17-12-5-8-16(14(18)9-12)20-15-4-2-1-3-11(15)10-19-13-6-7-13/h1-5,8-9,13,19H,6-7,10H2. The third-order valence-corrected chi connectivity index (χ3v) is 4.41. The van der Waals surface area contributed by atoms with Crippen LogP contribution in [0, 0.1) is 11.6 Å². The molecule has 0 heterocycles. The molecule has 0 bridgehead atoms. The lowest BCUT2D eigenvalue weighted by atomic mass is 10.2. The molecule has 3 rings (SSSR count). The molecule has 0 amide bonds. The van der Waals surface area contributed by atoms with Gasteiger partial charge in [-0.2, -0.15) is 0 Å². The van der Waals surface area contributed by atoms with E-state index < -0.39 is 11.6 Å². The van der Waals surface area contributed by atoms with Gasteiger partial charge >= 0.3 is 0 Å². The van der Waals surface area contributed by atoms with Crippen LogP contribution in [0.5, 0.6) is 0 Å². The highest BCUT2D eigenvalue weighted by molar-refractivity contribution is 7.99. The maximum Gasteiger partial charge on any atom is 0.140 e. The molecule has 0 saturated heterocycles. The molecule has 2 aromatic carbocycles. The molecular formula is C16H15F2NS. The summed E-state index contributed by atoms with van der Waals surface area (Å²) in [5.74, 6) is -1.06. The highest BCUT2D eigenvalue weighted by atomic mass is 32.2. The number of nitrogens with one attached hydrogen (secondary N) is 1. The Morgan fingerprint density at radius 2 is 1.85 bits per heavy atom. The smallest absolute Gasteiger partial charge is 0.140 e. The molecule has 2 aromatic rings. The molecule has 1 aliphatic rings. The quantitative estimate of drug-likeness (QED) is 0.878. The SMILES string of the molecule is Fc1ccc(Sc2ccccc2CNC2CC2)c(F)c1. The first kappa shape index (κ1) is 13.6. The summed E-state index contributed by atoms with van der Waals surface area (Å²) in [5, 5.41) is 3.46. The summed E-state index contributed by atoms with van der Waals surface area (Å²) in [6, 6.07) is 12.3. The average Bonchev–Trinajstić information content (AvgIpc) is 3.25. The van der Waals surface area contributed by atoms with E-state index in [1.54, 1.807) is 0 Å². The lowest BCUT2D eigenvalue weighted by Gasteiger charge is -2.10. The van der Waals surface area contributed by atoms with Crippen molar-refractivity contribution in [1.82, 2.24) is 5.32 Å². The first-order valence-electron chi connectivity index (χ1n) is 6.66. The molecule has 104 valence electrons. The molecule has 1 nitrogen and oxygen atoms in total. The zero-order chi connectivity index (χ0) is 13.9. The predicted molar refractivity (Wildman–Crippen MR) is 76.8 cm³/mol.